The standard InChI is InChI=1S/C13H17N5O2/c14-10-8-12-13(20-7-6-19-12)9-11(10)15-2-1-4-18-5-3-16-17-18/h3,5,8-9,15H,1-2,4,6-7,14H2. The molecular formula is C13H17N5O2. The Hall–Kier alpha value is -2.44. The van der Waals surface area contributed by atoms with Gasteiger partial charge in [0, 0.05) is 31.4 Å². The largest absolute Gasteiger partial charge is 0.486 e. The molecule has 0 amide bonds. The third-order valence-electron chi connectivity index (χ3n) is 3.07. The summed E-state index contributed by atoms with van der Waals surface area (Å²) in [4.78, 5) is 0. The zero-order valence-electron chi connectivity index (χ0n) is 11.1. The van der Waals surface area contributed by atoms with Gasteiger partial charge < -0.3 is 20.5 Å². The average Bonchev–Trinajstić information content (AvgIpc) is 2.97. The van der Waals surface area contributed by atoms with Gasteiger partial charge in [-0.1, -0.05) is 5.21 Å². The fourth-order valence-corrected chi connectivity index (χ4v) is 2.07. The predicted octanol–water partition coefficient (Wildman–Crippen LogP) is 1.13. The van der Waals surface area contributed by atoms with Gasteiger partial charge in [0.05, 0.1) is 17.6 Å². The Kier molecular flexibility index (Phi) is 3.58. The van der Waals surface area contributed by atoms with Gasteiger partial charge in [-0.15, -0.1) is 5.10 Å². The molecule has 0 saturated carbocycles. The van der Waals surface area contributed by atoms with E-state index in [0.717, 1.165) is 30.9 Å². The minimum atomic E-state index is 0.567. The summed E-state index contributed by atoms with van der Waals surface area (Å²) in [6, 6.07) is 3.69. The number of benzene rings is 1. The molecule has 1 aliphatic heterocycles. The Morgan fingerprint density at radius 1 is 1.25 bits per heavy atom. The molecule has 1 aromatic heterocycles. The van der Waals surface area contributed by atoms with Gasteiger partial charge in [-0.05, 0) is 6.42 Å². The number of nitrogen functional groups attached to an aromatic ring is 1. The van der Waals surface area contributed by atoms with Crippen molar-refractivity contribution >= 4 is 11.4 Å². The average molecular weight is 275 g/mol. The Morgan fingerprint density at radius 2 is 2.05 bits per heavy atom. The molecule has 1 aromatic carbocycles. The van der Waals surface area contributed by atoms with E-state index in [1.807, 2.05) is 12.3 Å². The molecule has 7 nitrogen and oxygen atoms in total. The summed E-state index contributed by atoms with van der Waals surface area (Å²) in [6.45, 7) is 2.75. The Morgan fingerprint density at radius 3 is 2.80 bits per heavy atom. The zero-order chi connectivity index (χ0) is 13.8. The lowest BCUT2D eigenvalue weighted by molar-refractivity contribution is 0.172. The summed E-state index contributed by atoms with van der Waals surface area (Å²) >= 11 is 0. The van der Waals surface area contributed by atoms with Gasteiger partial charge in [0.2, 0.25) is 0 Å². The molecular weight excluding hydrogens is 258 g/mol. The molecule has 2 heterocycles. The quantitative estimate of drug-likeness (QED) is 0.628. The molecule has 2 aromatic rings. The molecule has 0 saturated heterocycles. The lowest BCUT2D eigenvalue weighted by Crippen LogP contribution is -2.16. The topological polar surface area (TPSA) is 87.2 Å². The highest BCUT2D eigenvalue weighted by Crippen LogP contribution is 2.36. The molecule has 0 radical (unpaired) electrons. The van der Waals surface area contributed by atoms with E-state index in [1.54, 1.807) is 16.9 Å². The van der Waals surface area contributed by atoms with Gasteiger partial charge in [0.1, 0.15) is 13.2 Å². The molecule has 106 valence electrons. The molecule has 3 rings (SSSR count). The van der Waals surface area contributed by atoms with Crippen LogP contribution >= 0.6 is 0 Å². The number of hydrogen-bond acceptors (Lipinski definition) is 6. The molecule has 3 N–H and O–H groups in total. The molecule has 0 atom stereocenters. The molecule has 0 spiro atoms. The number of aromatic nitrogens is 3. The van der Waals surface area contributed by atoms with Gasteiger partial charge >= 0.3 is 0 Å². The van der Waals surface area contributed by atoms with Crippen LogP contribution in [0.5, 0.6) is 11.5 Å². The summed E-state index contributed by atoms with van der Waals surface area (Å²) in [6.07, 6.45) is 4.45. The van der Waals surface area contributed by atoms with Crippen LogP contribution in [0.4, 0.5) is 11.4 Å². The van der Waals surface area contributed by atoms with Gasteiger partial charge in [-0.25, -0.2) is 0 Å². The number of rotatable bonds is 5. The second-order valence-electron chi connectivity index (χ2n) is 4.53. The highest BCUT2D eigenvalue weighted by Gasteiger charge is 2.14. The first-order chi connectivity index (χ1) is 9.83. The van der Waals surface area contributed by atoms with Crippen molar-refractivity contribution in [3.05, 3.63) is 24.5 Å². The zero-order valence-corrected chi connectivity index (χ0v) is 11.1. The second-order valence-corrected chi connectivity index (χ2v) is 4.53. The first kappa shape index (κ1) is 12.6. The van der Waals surface area contributed by atoms with Crippen molar-refractivity contribution in [2.45, 2.75) is 13.0 Å². The van der Waals surface area contributed by atoms with Crippen LogP contribution in [0.2, 0.25) is 0 Å². The maximum atomic E-state index is 6.00. The maximum absolute atomic E-state index is 6.00. The Bertz CT molecular complexity index is 570. The summed E-state index contributed by atoms with van der Waals surface area (Å²) in [7, 11) is 0. The van der Waals surface area contributed by atoms with E-state index in [2.05, 4.69) is 15.6 Å². The summed E-state index contributed by atoms with van der Waals surface area (Å²) in [5.41, 5.74) is 7.53. The molecule has 20 heavy (non-hydrogen) atoms. The van der Waals surface area contributed by atoms with Crippen LogP contribution in [0.3, 0.4) is 0 Å². The number of nitrogens with zero attached hydrogens (tertiary/aromatic N) is 3. The van der Waals surface area contributed by atoms with Crippen LogP contribution in [0.1, 0.15) is 6.42 Å². The molecule has 0 unspecified atom stereocenters. The number of ether oxygens (including phenoxy) is 2. The molecule has 0 bridgehead atoms. The highest BCUT2D eigenvalue weighted by molar-refractivity contribution is 5.72. The minimum absolute atomic E-state index is 0.567. The first-order valence-electron chi connectivity index (χ1n) is 6.60. The number of hydrogen-bond donors (Lipinski definition) is 2. The SMILES string of the molecule is Nc1cc2c(cc1NCCCn1ccnn1)OCCO2. The van der Waals surface area contributed by atoms with Crippen LogP contribution in [-0.4, -0.2) is 34.8 Å². The predicted molar refractivity (Wildman–Crippen MR) is 75.0 cm³/mol. The summed E-state index contributed by atoms with van der Waals surface area (Å²) in [5.74, 6) is 1.45. The van der Waals surface area contributed by atoms with Crippen LogP contribution < -0.4 is 20.5 Å². The third-order valence-corrected chi connectivity index (χ3v) is 3.07. The number of anilines is 2. The van der Waals surface area contributed by atoms with Crippen molar-refractivity contribution in [1.82, 2.24) is 15.0 Å². The van der Waals surface area contributed by atoms with E-state index in [0.29, 0.717) is 24.7 Å². The number of nitrogens with two attached hydrogens (primary N) is 1. The monoisotopic (exact) mass is 275 g/mol. The number of nitrogens with one attached hydrogen (secondary N) is 1. The van der Waals surface area contributed by atoms with Gasteiger partial charge in [-0.3, -0.25) is 4.68 Å². The van der Waals surface area contributed by atoms with Gasteiger partial charge in [0.25, 0.3) is 0 Å². The molecule has 0 fully saturated rings. The van der Waals surface area contributed by atoms with E-state index in [-0.39, 0.29) is 0 Å². The highest BCUT2D eigenvalue weighted by atomic mass is 16.6. The van der Waals surface area contributed by atoms with E-state index in [9.17, 15) is 0 Å². The smallest absolute Gasteiger partial charge is 0.163 e. The molecule has 7 heteroatoms. The number of aryl methyl sites for hydroxylation is 1. The molecule has 1 aliphatic rings. The Balaban J connectivity index is 1.57. The van der Waals surface area contributed by atoms with Crippen LogP contribution in [-0.2, 0) is 6.54 Å². The maximum Gasteiger partial charge on any atom is 0.163 e. The van der Waals surface area contributed by atoms with Crippen molar-refractivity contribution < 1.29 is 9.47 Å². The minimum Gasteiger partial charge on any atom is -0.486 e. The van der Waals surface area contributed by atoms with E-state index in [4.69, 9.17) is 15.2 Å². The van der Waals surface area contributed by atoms with E-state index >= 15 is 0 Å². The van der Waals surface area contributed by atoms with Gasteiger partial charge in [0.15, 0.2) is 11.5 Å². The van der Waals surface area contributed by atoms with Crippen LogP contribution in [0, 0.1) is 0 Å². The lowest BCUT2D eigenvalue weighted by Gasteiger charge is -2.20. The fraction of sp³-hybridized carbons (Fsp3) is 0.385. The Labute approximate surface area is 116 Å². The first-order valence-corrected chi connectivity index (χ1v) is 6.60. The van der Waals surface area contributed by atoms with Crippen molar-refractivity contribution in [1.29, 1.82) is 0 Å². The normalized spacial score (nSPS) is 13.2. The summed E-state index contributed by atoms with van der Waals surface area (Å²) < 4.78 is 12.8. The summed E-state index contributed by atoms with van der Waals surface area (Å²) in [5, 5.41) is 11.0. The lowest BCUT2D eigenvalue weighted by atomic mass is 10.2. The molecule has 0 aliphatic carbocycles. The van der Waals surface area contributed by atoms with Crippen LogP contribution in [0.15, 0.2) is 24.5 Å². The van der Waals surface area contributed by atoms with Crippen molar-refractivity contribution in [3.63, 3.8) is 0 Å². The van der Waals surface area contributed by atoms with Crippen molar-refractivity contribution in [3.8, 4) is 11.5 Å². The van der Waals surface area contributed by atoms with Gasteiger partial charge in [-0.2, -0.15) is 0 Å². The third kappa shape index (κ3) is 2.76. The van der Waals surface area contributed by atoms with Crippen molar-refractivity contribution in [2.75, 3.05) is 30.8 Å². The fourth-order valence-electron chi connectivity index (χ4n) is 2.07. The van der Waals surface area contributed by atoms with E-state index in [1.165, 1.54) is 0 Å². The number of fused-ring (bicyclic) bond motifs is 1. The van der Waals surface area contributed by atoms with Crippen LogP contribution in [0.25, 0.3) is 0 Å². The van der Waals surface area contributed by atoms with E-state index < -0.39 is 0 Å². The second kappa shape index (κ2) is 5.68. The van der Waals surface area contributed by atoms with Crippen molar-refractivity contribution in [2.24, 2.45) is 0 Å².